The van der Waals surface area contributed by atoms with Crippen LogP contribution < -0.4 is 0 Å². The van der Waals surface area contributed by atoms with Crippen molar-refractivity contribution in [3.8, 4) is 11.1 Å². The van der Waals surface area contributed by atoms with Crippen LogP contribution in [-0.2, 0) is 0 Å². The zero-order valence-corrected chi connectivity index (χ0v) is 8.82. The highest BCUT2D eigenvalue weighted by Crippen LogP contribution is 2.27. The Balaban J connectivity index is 2.70. The first kappa shape index (κ1) is 12.1. The molecule has 0 saturated heterocycles. The van der Waals surface area contributed by atoms with Crippen LogP contribution in [0.3, 0.4) is 0 Å². The average molecular weight is 253 g/mol. The third kappa shape index (κ3) is 1.92. The standard InChI is InChI=1S/C12H6F3NO2/c13-8-4-3-6(9(14)10(8)15)7-2-1-5-16-11(7)12(17)18/h1-5H,(H,17,18). The van der Waals surface area contributed by atoms with Crippen LogP contribution in [0.2, 0.25) is 0 Å². The van der Waals surface area contributed by atoms with E-state index in [-0.39, 0.29) is 11.1 Å². The molecule has 2 aromatic rings. The fourth-order valence-corrected chi connectivity index (χ4v) is 1.53. The van der Waals surface area contributed by atoms with Gasteiger partial charge in [-0.05, 0) is 18.2 Å². The lowest BCUT2D eigenvalue weighted by atomic mass is 10.0. The topological polar surface area (TPSA) is 50.2 Å². The van der Waals surface area contributed by atoms with Crippen molar-refractivity contribution in [2.75, 3.05) is 0 Å². The molecule has 18 heavy (non-hydrogen) atoms. The summed E-state index contributed by atoms with van der Waals surface area (Å²) in [6, 6.07) is 4.35. The predicted octanol–water partition coefficient (Wildman–Crippen LogP) is 2.86. The van der Waals surface area contributed by atoms with Crippen molar-refractivity contribution in [1.29, 1.82) is 0 Å². The number of carboxylic acid groups (broad SMARTS) is 1. The predicted molar refractivity (Wildman–Crippen MR) is 56.5 cm³/mol. The summed E-state index contributed by atoms with van der Waals surface area (Å²) in [5, 5.41) is 8.89. The summed E-state index contributed by atoms with van der Waals surface area (Å²) < 4.78 is 39.4. The molecule has 0 saturated carbocycles. The highest BCUT2D eigenvalue weighted by atomic mass is 19.2. The molecule has 0 atom stereocenters. The molecule has 0 bridgehead atoms. The van der Waals surface area contributed by atoms with Gasteiger partial charge in [-0.3, -0.25) is 0 Å². The molecule has 0 aliphatic carbocycles. The molecule has 1 N–H and O–H groups in total. The van der Waals surface area contributed by atoms with E-state index in [0.29, 0.717) is 0 Å². The molecule has 0 spiro atoms. The number of aromatic nitrogens is 1. The SMILES string of the molecule is O=C(O)c1ncccc1-c1ccc(F)c(F)c1F. The summed E-state index contributed by atoms with van der Waals surface area (Å²) in [6.07, 6.45) is 1.21. The highest BCUT2D eigenvalue weighted by molar-refractivity contribution is 5.93. The maximum atomic E-state index is 13.6. The Kier molecular flexibility index (Phi) is 3.01. The molecule has 2 rings (SSSR count). The smallest absolute Gasteiger partial charge is 0.355 e. The maximum absolute atomic E-state index is 13.6. The average Bonchev–Trinajstić information content (AvgIpc) is 2.36. The Morgan fingerprint density at radius 3 is 2.44 bits per heavy atom. The minimum absolute atomic E-state index is 0.110. The van der Waals surface area contributed by atoms with E-state index in [1.807, 2.05) is 0 Å². The first-order chi connectivity index (χ1) is 8.52. The molecule has 0 aliphatic heterocycles. The monoisotopic (exact) mass is 253 g/mol. The van der Waals surface area contributed by atoms with Crippen LogP contribution in [0.25, 0.3) is 11.1 Å². The quantitative estimate of drug-likeness (QED) is 0.837. The van der Waals surface area contributed by atoms with E-state index in [2.05, 4.69) is 4.98 Å². The minimum Gasteiger partial charge on any atom is -0.476 e. The van der Waals surface area contributed by atoms with E-state index in [1.54, 1.807) is 0 Å². The van der Waals surface area contributed by atoms with E-state index in [4.69, 9.17) is 5.11 Å². The number of benzene rings is 1. The first-order valence-corrected chi connectivity index (χ1v) is 4.84. The third-order valence-corrected chi connectivity index (χ3v) is 2.34. The van der Waals surface area contributed by atoms with Gasteiger partial charge in [0.2, 0.25) is 0 Å². The van der Waals surface area contributed by atoms with E-state index in [9.17, 15) is 18.0 Å². The van der Waals surface area contributed by atoms with E-state index in [0.717, 1.165) is 12.1 Å². The van der Waals surface area contributed by atoms with Crippen molar-refractivity contribution >= 4 is 5.97 Å². The summed E-state index contributed by atoms with van der Waals surface area (Å²) >= 11 is 0. The Labute approximate surface area is 99.5 Å². The third-order valence-electron chi connectivity index (χ3n) is 2.34. The van der Waals surface area contributed by atoms with Crippen LogP contribution in [0.5, 0.6) is 0 Å². The molecule has 6 heteroatoms. The highest BCUT2D eigenvalue weighted by Gasteiger charge is 2.19. The molecule has 0 radical (unpaired) electrons. The van der Waals surface area contributed by atoms with Gasteiger partial charge < -0.3 is 5.11 Å². The summed E-state index contributed by atoms with van der Waals surface area (Å²) in [4.78, 5) is 14.5. The maximum Gasteiger partial charge on any atom is 0.355 e. The van der Waals surface area contributed by atoms with Crippen LogP contribution in [0.15, 0.2) is 30.5 Å². The van der Waals surface area contributed by atoms with E-state index in [1.165, 1.54) is 18.3 Å². The van der Waals surface area contributed by atoms with Crippen LogP contribution >= 0.6 is 0 Å². The minimum atomic E-state index is -1.65. The van der Waals surface area contributed by atoms with Crippen LogP contribution in [0.4, 0.5) is 13.2 Å². The second kappa shape index (κ2) is 4.48. The molecule has 0 amide bonds. The largest absolute Gasteiger partial charge is 0.476 e. The normalized spacial score (nSPS) is 10.4. The number of aromatic carboxylic acids is 1. The van der Waals surface area contributed by atoms with Gasteiger partial charge in [-0.25, -0.2) is 22.9 Å². The van der Waals surface area contributed by atoms with Gasteiger partial charge in [0.05, 0.1) is 0 Å². The second-order valence-electron chi connectivity index (χ2n) is 3.43. The van der Waals surface area contributed by atoms with Crippen LogP contribution in [0, 0.1) is 17.5 Å². The Bertz CT molecular complexity index is 629. The number of hydrogen-bond acceptors (Lipinski definition) is 2. The van der Waals surface area contributed by atoms with Crippen molar-refractivity contribution in [1.82, 2.24) is 4.98 Å². The van der Waals surface area contributed by atoms with Gasteiger partial charge in [-0.2, -0.15) is 0 Å². The van der Waals surface area contributed by atoms with Gasteiger partial charge >= 0.3 is 5.97 Å². The number of carbonyl (C=O) groups is 1. The van der Waals surface area contributed by atoms with Gasteiger partial charge in [0.15, 0.2) is 23.1 Å². The van der Waals surface area contributed by atoms with Gasteiger partial charge in [0, 0.05) is 17.3 Å². The molecule has 1 aromatic heterocycles. The van der Waals surface area contributed by atoms with Gasteiger partial charge in [-0.1, -0.05) is 6.07 Å². The lowest BCUT2D eigenvalue weighted by molar-refractivity contribution is 0.0691. The zero-order valence-electron chi connectivity index (χ0n) is 8.82. The number of carboxylic acids is 1. The summed E-state index contributed by atoms with van der Waals surface area (Å²) in [5.74, 6) is -5.80. The summed E-state index contributed by atoms with van der Waals surface area (Å²) in [7, 11) is 0. The van der Waals surface area contributed by atoms with E-state index < -0.39 is 29.1 Å². The fourth-order valence-electron chi connectivity index (χ4n) is 1.53. The Morgan fingerprint density at radius 2 is 1.78 bits per heavy atom. The van der Waals surface area contributed by atoms with Crippen LogP contribution in [-0.4, -0.2) is 16.1 Å². The number of hydrogen-bond donors (Lipinski definition) is 1. The Morgan fingerprint density at radius 1 is 1.06 bits per heavy atom. The molecule has 0 unspecified atom stereocenters. The lowest BCUT2D eigenvalue weighted by Gasteiger charge is -2.07. The number of nitrogens with zero attached hydrogens (tertiary/aromatic N) is 1. The molecule has 1 aromatic carbocycles. The number of rotatable bonds is 2. The molecule has 92 valence electrons. The zero-order chi connectivity index (χ0) is 13.3. The van der Waals surface area contributed by atoms with Crippen molar-refractivity contribution in [2.45, 2.75) is 0 Å². The number of pyridine rings is 1. The van der Waals surface area contributed by atoms with Crippen molar-refractivity contribution in [3.05, 3.63) is 53.6 Å². The van der Waals surface area contributed by atoms with Crippen molar-refractivity contribution in [3.63, 3.8) is 0 Å². The molecule has 0 aliphatic rings. The number of halogens is 3. The van der Waals surface area contributed by atoms with Crippen molar-refractivity contribution < 1.29 is 23.1 Å². The first-order valence-electron chi connectivity index (χ1n) is 4.84. The van der Waals surface area contributed by atoms with Gasteiger partial charge in [0.1, 0.15) is 0 Å². The Hall–Kier alpha value is -2.37. The molecule has 3 nitrogen and oxygen atoms in total. The van der Waals surface area contributed by atoms with E-state index >= 15 is 0 Å². The van der Waals surface area contributed by atoms with Crippen LogP contribution in [0.1, 0.15) is 10.5 Å². The van der Waals surface area contributed by atoms with Crippen molar-refractivity contribution in [2.24, 2.45) is 0 Å². The van der Waals surface area contributed by atoms with Gasteiger partial charge in [-0.15, -0.1) is 0 Å². The second-order valence-corrected chi connectivity index (χ2v) is 3.43. The molecular weight excluding hydrogens is 247 g/mol. The molecular formula is C12H6F3NO2. The summed E-state index contributed by atoms with van der Waals surface area (Å²) in [5.41, 5.74) is -0.886. The molecule has 0 fully saturated rings. The molecule has 1 heterocycles. The van der Waals surface area contributed by atoms with Gasteiger partial charge in [0.25, 0.3) is 0 Å². The fraction of sp³-hybridized carbons (Fsp3) is 0. The lowest BCUT2D eigenvalue weighted by Crippen LogP contribution is -2.04. The summed E-state index contributed by atoms with van der Waals surface area (Å²) in [6.45, 7) is 0.